The summed E-state index contributed by atoms with van der Waals surface area (Å²) < 4.78 is 11.2. The number of rotatable bonds is 6. The summed E-state index contributed by atoms with van der Waals surface area (Å²) in [5.74, 6) is 1.84. The number of allylic oxidation sites excluding steroid dienone is 1. The Bertz CT molecular complexity index is 694. The summed E-state index contributed by atoms with van der Waals surface area (Å²) in [6.07, 6.45) is 10.9. The lowest BCUT2D eigenvalue weighted by Gasteiger charge is -2.46. The first-order valence-electron chi connectivity index (χ1n) is 10.6. The van der Waals surface area contributed by atoms with Crippen molar-refractivity contribution in [1.29, 1.82) is 0 Å². The van der Waals surface area contributed by atoms with Crippen LogP contribution in [0.3, 0.4) is 0 Å². The first kappa shape index (κ1) is 18.8. The molecule has 4 rings (SSSR count). The standard InChI is InChI=1S/C23H33NO3/c1-15-6-4-10-23(3)13-21-18(12-20(15)23)19(22(25)27-21)14-24-16(2)8-9-17-7-5-11-26-17/h5,7,11-12,15-16,18-19,21,24H,4,6,8-10,13-14H2,1-3H3/t15-,16-,18-,19+,21+,23+/m0/s1. The SMILES string of the molecule is C[C@@H](CCc1ccco1)NC[C@H]1C(=O)O[C@@H]2C[C@@]3(C)CCC[C@H](C)C3=C[C@H]21. The van der Waals surface area contributed by atoms with Crippen LogP contribution in [-0.2, 0) is 16.0 Å². The molecule has 0 radical (unpaired) electrons. The number of ether oxygens (including phenoxy) is 1. The molecule has 1 aromatic rings. The number of carbonyl (C=O) groups is 1. The molecule has 6 atom stereocenters. The molecule has 4 heteroatoms. The third-order valence-corrected chi connectivity index (χ3v) is 7.17. The summed E-state index contributed by atoms with van der Waals surface area (Å²) in [7, 11) is 0. The normalized spacial score (nSPS) is 36.6. The monoisotopic (exact) mass is 371 g/mol. The highest BCUT2D eigenvalue weighted by Crippen LogP contribution is 2.53. The third kappa shape index (κ3) is 3.73. The molecule has 148 valence electrons. The Labute approximate surface area is 162 Å². The Hall–Kier alpha value is -1.55. The molecule has 0 amide bonds. The molecule has 4 nitrogen and oxygen atoms in total. The second-order valence-corrected chi connectivity index (χ2v) is 9.27. The average molecular weight is 372 g/mol. The van der Waals surface area contributed by atoms with Crippen LogP contribution in [0.5, 0.6) is 0 Å². The maximum absolute atomic E-state index is 12.6. The topological polar surface area (TPSA) is 51.5 Å². The summed E-state index contributed by atoms with van der Waals surface area (Å²) in [6, 6.07) is 4.29. The number of carbonyl (C=O) groups excluding carboxylic acids is 1. The summed E-state index contributed by atoms with van der Waals surface area (Å²) in [6.45, 7) is 7.61. The molecule has 2 aliphatic carbocycles. The van der Waals surface area contributed by atoms with Crippen molar-refractivity contribution in [2.24, 2.45) is 23.2 Å². The van der Waals surface area contributed by atoms with E-state index in [0.717, 1.165) is 25.0 Å². The smallest absolute Gasteiger partial charge is 0.311 e. The van der Waals surface area contributed by atoms with Gasteiger partial charge in [0.1, 0.15) is 11.9 Å². The van der Waals surface area contributed by atoms with Crippen LogP contribution < -0.4 is 5.32 Å². The third-order valence-electron chi connectivity index (χ3n) is 7.17. The molecule has 27 heavy (non-hydrogen) atoms. The predicted molar refractivity (Wildman–Crippen MR) is 105 cm³/mol. The molecule has 2 heterocycles. The first-order valence-corrected chi connectivity index (χ1v) is 10.6. The molecule has 0 unspecified atom stereocenters. The summed E-state index contributed by atoms with van der Waals surface area (Å²) >= 11 is 0. The second kappa shape index (κ2) is 7.46. The van der Waals surface area contributed by atoms with Crippen LogP contribution in [0.2, 0.25) is 0 Å². The number of nitrogens with one attached hydrogen (secondary N) is 1. The van der Waals surface area contributed by atoms with E-state index in [0.29, 0.717) is 18.5 Å². The van der Waals surface area contributed by atoms with Gasteiger partial charge in [0.2, 0.25) is 0 Å². The van der Waals surface area contributed by atoms with E-state index in [-0.39, 0.29) is 29.3 Å². The van der Waals surface area contributed by atoms with Crippen molar-refractivity contribution in [3.8, 4) is 0 Å². The van der Waals surface area contributed by atoms with Gasteiger partial charge in [-0.15, -0.1) is 0 Å². The van der Waals surface area contributed by atoms with Crippen LogP contribution in [0.25, 0.3) is 0 Å². The molecule has 1 aromatic heterocycles. The first-order chi connectivity index (χ1) is 13.0. The Kier molecular flexibility index (Phi) is 5.19. The molecule has 2 fully saturated rings. The largest absolute Gasteiger partial charge is 0.469 e. The van der Waals surface area contributed by atoms with E-state index in [9.17, 15) is 4.79 Å². The minimum atomic E-state index is -0.0489. The van der Waals surface area contributed by atoms with Gasteiger partial charge in [-0.25, -0.2) is 0 Å². The highest BCUT2D eigenvalue weighted by Gasteiger charge is 2.51. The Morgan fingerprint density at radius 1 is 1.41 bits per heavy atom. The fraction of sp³-hybridized carbons (Fsp3) is 0.696. The molecule has 0 aromatic carbocycles. The van der Waals surface area contributed by atoms with Crippen LogP contribution in [-0.4, -0.2) is 24.7 Å². The molecule has 0 spiro atoms. The fourth-order valence-electron chi connectivity index (χ4n) is 5.53. The molecule has 0 bridgehead atoms. The van der Waals surface area contributed by atoms with Crippen molar-refractivity contribution < 1.29 is 13.9 Å². The maximum Gasteiger partial charge on any atom is 0.311 e. The molecule has 1 saturated heterocycles. The Morgan fingerprint density at radius 3 is 3.04 bits per heavy atom. The zero-order valence-electron chi connectivity index (χ0n) is 16.9. The Morgan fingerprint density at radius 2 is 2.26 bits per heavy atom. The van der Waals surface area contributed by atoms with E-state index in [1.165, 1.54) is 19.3 Å². The van der Waals surface area contributed by atoms with Crippen molar-refractivity contribution in [1.82, 2.24) is 5.32 Å². The lowest BCUT2D eigenvalue weighted by atomic mass is 9.59. The molecule has 1 N–H and O–H groups in total. The molecular formula is C23H33NO3. The van der Waals surface area contributed by atoms with Gasteiger partial charge in [0.15, 0.2) is 0 Å². The van der Waals surface area contributed by atoms with Gasteiger partial charge in [-0.2, -0.15) is 0 Å². The summed E-state index contributed by atoms with van der Waals surface area (Å²) in [4.78, 5) is 12.6. The van der Waals surface area contributed by atoms with Crippen LogP contribution in [0, 0.1) is 23.2 Å². The molecule has 3 aliphatic rings. The van der Waals surface area contributed by atoms with Crippen molar-refractivity contribution in [2.45, 2.75) is 71.4 Å². The van der Waals surface area contributed by atoms with E-state index in [1.807, 2.05) is 12.1 Å². The highest BCUT2D eigenvalue weighted by atomic mass is 16.6. The second-order valence-electron chi connectivity index (χ2n) is 9.27. The summed E-state index contributed by atoms with van der Waals surface area (Å²) in [5, 5.41) is 3.57. The van der Waals surface area contributed by atoms with Gasteiger partial charge >= 0.3 is 5.97 Å². The lowest BCUT2D eigenvalue weighted by Crippen LogP contribution is -2.41. The predicted octanol–water partition coefficient (Wildman–Crippen LogP) is 4.50. The number of aryl methyl sites for hydroxylation is 1. The van der Waals surface area contributed by atoms with Crippen LogP contribution in [0.4, 0.5) is 0 Å². The molecule has 1 saturated carbocycles. The Balaban J connectivity index is 1.39. The number of esters is 1. The fourth-order valence-corrected chi connectivity index (χ4v) is 5.53. The maximum atomic E-state index is 12.6. The van der Waals surface area contributed by atoms with Crippen molar-refractivity contribution in [3.05, 3.63) is 35.8 Å². The zero-order valence-corrected chi connectivity index (χ0v) is 16.9. The van der Waals surface area contributed by atoms with Crippen LogP contribution in [0.1, 0.15) is 58.6 Å². The van der Waals surface area contributed by atoms with E-state index in [1.54, 1.807) is 11.8 Å². The quantitative estimate of drug-likeness (QED) is 0.591. The van der Waals surface area contributed by atoms with E-state index >= 15 is 0 Å². The average Bonchev–Trinajstić information content (AvgIpc) is 3.23. The van der Waals surface area contributed by atoms with Gasteiger partial charge in [-0.05, 0) is 56.1 Å². The van der Waals surface area contributed by atoms with Crippen molar-refractivity contribution in [2.75, 3.05) is 6.54 Å². The highest BCUT2D eigenvalue weighted by molar-refractivity contribution is 5.76. The molecule has 1 aliphatic heterocycles. The number of furan rings is 1. The van der Waals surface area contributed by atoms with Crippen molar-refractivity contribution in [3.63, 3.8) is 0 Å². The minimum absolute atomic E-state index is 0.0116. The van der Waals surface area contributed by atoms with E-state index < -0.39 is 0 Å². The number of fused-ring (bicyclic) bond motifs is 2. The van der Waals surface area contributed by atoms with Crippen LogP contribution >= 0.6 is 0 Å². The number of hydrogen-bond donors (Lipinski definition) is 1. The van der Waals surface area contributed by atoms with E-state index in [4.69, 9.17) is 9.15 Å². The lowest BCUT2D eigenvalue weighted by molar-refractivity contribution is -0.145. The van der Waals surface area contributed by atoms with Crippen molar-refractivity contribution >= 4 is 5.97 Å². The van der Waals surface area contributed by atoms with E-state index in [2.05, 4.69) is 32.2 Å². The minimum Gasteiger partial charge on any atom is -0.469 e. The van der Waals surface area contributed by atoms with Gasteiger partial charge in [0, 0.05) is 24.9 Å². The van der Waals surface area contributed by atoms with Gasteiger partial charge in [0.05, 0.1) is 12.2 Å². The number of hydrogen-bond acceptors (Lipinski definition) is 4. The van der Waals surface area contributed by atoms with Gasteiger partial charge in [-0.3, -0.25) is 4.79 Å². The van der Waals surface area contributed by atoms with Gasteiger partial charge < -0.3 is 14.5 Å². The summed E-state index contributed by atoms with van der Waals surface area (Å²) in [5.41, 5.74) is 1.82. The zero-order chi connectivity index (χ0) is 19.0. The van der Waals surface area contributed by atoms with Crippen LogP contribution in [0.15, 0.2) is 34.5 Å². The van der Waals surface area contributed by atoms with Gasteiger partial charge in [0.25, 0.3) is 0 Å². The molecular weight excluding hydrogens is 338 g/mol. The van der Waals surface area contributed by atoms with Gasteiger partial charge in [-0.1, -0.05) is 31.9 Å².